The molecule has 2 nitrogen and oxygen atoms in total. The third-order valence-corrected chi connectivity index (χ3v) is 3.75. The van der Waals surface area contributed by atoms with E-state index in [1.807, 2.05) is 31.2 Å². The molecule has 1 heterocycles. The molecule has 0 radical (unpaired) electrons. The Morgan fingerprint density at radius 1 is 1.31 bits per heavy atom. The molecule has 2 aromatic rings. The van der Waals surface area contributed by atoms with Crippen LogP contribution in [0.2, 0.25) is 0 Å². The van der Waals surface area contributed by atoms with Crippen LogP contribution < -0.4 is 5.73 Å². The highest BCUT2D eigenvalue weighted by molar-refractivity contribution is 14.1. The van der Waals surface area contributed by atoms with E-state index in [-0.39, 0.29) is 6.04 Å². The number of benzene rings is 1. The van der Waals surface area contributed by atoms with Crippen molar-refractivity contribution in [3.05, 3.63) is 55.5 Å². The maximum Gasteiger partial charge on any atom is 0.125 e. The van der Waals surface area contributed by atoms with Crippen molar-refractivity contribution in [2.24, 2.45) is 5.73 Å². The number of furan rings is 1. The largest absolute Gasteiger partial charge is 0.464 e. The van der Waals surface area contributed by atoms with Crippen LogP contribution >= 0.6 is 38.5 Å². The standard InChI is InChI=1S/C12H11BrINO/c1-7-2-5-11(16-7)12(15)9-6-8(14)3-4-10(9)13/h2-6,12H,15H2,1H3. The van der Waals surface area contributed by atoms with Gasteiger partial charge >= 0.3 is 0 Å². The molecule has 84 valence electrons. The topological polar surface area (TPSA) is 39.2 Å². The zero-order chi connectivity index (χ0) is 11.7. The zero-order valence-corrected chi connectivity index (χ0v) is 12.4. The molecule has 1 aromatic carbocycles. The van der Waals surface area contributed by atoms with Crippen LogP contribution in [0.25, 0.3) is 0 Å². The fourth-order valence-corrected chi connectivity index (χ4v) is 2.54. The Morgan fingerprint density at radius 3 is 2.69 bits per heavy atom. The van der Waals surface area contributed by atoms with Crippen molar-refractivity contribution in [1.29, 1.82) is 0 Å². The van der Waals surface area contributed by atoms with Gasteiger partial charge in [0.1, 0.15) is 11.5 Å². The maximum absolute atomic E-state index is 6.17. The van der Waals surface area contributed by atoms with Gasteiger partial charge in [0.25, 0.3) is 0 Å². The molecule has 4 heteroatoms. The second kappa shape index (κ2) is 4.89. The molecule has 1 unspecified atom stereocenters. The molecule has 0 bridgehead atoms. The minimum absolute atomic E-state index is 0.224. The number of nitrogens with two attached hydrogens (primary N) is 1. The Morgan fingerprint density at radius 2 is 2.06 bits per heavy atom. The molecule has 0 aliphatic carbocycles. The van der Waals surface area contributed by atoms with Crippen LogP contribution in [-0.2, 0) is 0 Å². The molecule has 0 saturated carbocycles. The van der Waals surface area contributed by atoms with Crippen LogP contribution in [0.1, 0.15) is 23.1 Å². The summed E-state index contributed by atoms with van der Waals surface area (Å²) in [6.45, 7) is 1.92. The fourth-order valence-electron chi connectivity index (χ4n) is 1.53. The number of rotatable bonds is 2. The summed E-state index contributed by atoms with van der Waals surface area (Å²) in [6.07, 6.45) is 0. The summed E-state index contributed by atoms with van der Waals surface area (Å²) >= 11 is 5.78. The van der Waals surface area contributed by atoms with E-state index in [1.165, 1.54) is 0 Å². The quantitative estimate of drug-likeness (QED) is 0.785. The summed E-state index contributed by atoms with van der Waals surface area (Å²) in [5, 5.41) is 0. The van der Waals surface area contributed by atoms with E-state index < -0.39 is 0 Å². The van der Waals surface area contributed by atoms with Gasteiger partial charge in [0.05, 0.1) is 6.04 Å². The Bertz CT molecular complexity index is 509. The Balaban J connectivity index is 2.40. The summed E-state index contributed by atoms with van der Waals surface area (Å²) in [5.74, 6) is 1.67. The van der Waals surface area contributed by atoms with Gasteiger partial charge in [0.2, 0.25) is 0 Å². The molecule has 0 amide bonds. The molecule has 16 heavy (non-hydrogen) atoms. The minimum Gasteiger partial charge on any atom is -0.464 e. The summed E-state index contributed by atoms with van der Waals surface area (Å²) in [4.78, 5) is 0. The van der Waals surface area contributed by atoms with Crippen molar-refractivity contribution in [2.75, 3.05) is 0 Å². The first kappa shape index (κ1) is 12.1. The molecular weight excluding hydrogens is 381 g/mol. The van der Waals surface area contributed by atoms with Crippen LogP contribution in [0.15, 0.2) is 39.2 Å². The van der Waals surface area contributed by atoms with E-state index in [0.29, 0.717) is 0 Å². The van der Waals surface area contributed by atoms with Crippen LogP contribution in [0.3, 0.4) is 0 Å². The van der Waals surface area contributed by atoms with Crippen molar-refractivity contribution in [2.45, 2.75) is 13.0 Å². The summed E-state index contributed by atoms with van der Waals surface area (Å²) in [7, 11) is 0. The van der Waals surface area contributed by atoms with Gasteiger partial charge in [-0.05, 0) is 65.4 Å². The highest BCUT2D eigenvalue weighted by Gasteiger charge is 2.15. The van der Waals surface area contributed by atoms with Gasteiger partial charge in [-0.2, -0.15) is 0 Å². The monoisotopic (exact) mass is 391 g/mol. The molecule has 0 spiro atoms. The van der Waals surface area contributed by atoms with Crippen molar-refractivity contribution in [1.82, 2.24) is 0 Å². The molecule has 2 N–H and O–H groups in total. The van der Waals surface area contributed by atoms with E-state index >= 15 is 0 Å². The lowest BCUT2D eigenvalue weighted by molar-refractivity contribution is 0.466. The third kappa shape index (κ3) is 2.49. The molecular formula is C12H11BrINO. The van der Waals surface area contributed by atoms with Crippen molar-refractivity contribution in [3.63, 3.8) is 0 Å². The number of aryl methyl sites for hydroxylation is 1. The highest BCUT2D eigenvalue weighted by atomic mass is 127. The maximum atomic E-state index is 6.17. The Hall–Kier alpha value is -0.330. The Labute approximate surface area is 116 Å². The van der Waals surface area contributed by atoms with Crippen molar-refractivity contribution >= 4 is 38.5 Å². The molecule has 1 atom stereocenters. The van der Waals surface area contributed by atoms with Gasteiger partial charge in [-0.1, -0.05) is 15.9 Å². The first-order chi connectivity index (χ1) is 7.58. The summed E-state index contributed by atoms with van der Waals surface area (Å²) in [5.41, 5.74) is 7.22. The van der Waals surface area contributed by atoms with Crippen LogP contribution in [0.4, 0.5) is 0 Å². The predicted octanol–water partition coefficient (Wildman–Crippen LogP) is 4.00. The van der Waals surface area contributed by atoms with E-state index in [9.17, 15) is 0 Å². The number of halogens is 2. The fraction of sp³-hybridized carbons (Fsp3) is 0.167. The second-order valence-electron chi connectivity index (χ2n) is 3.59. The second-order valence-corrected chi connectivity index (χ2v) is 5.69. The smallest absolute Gasteiger partial charge is 0.125 e. The summed E-state index contributed by atoms with van der Waals surface area (Å²) < 4.78 is 7.72. The van der Waals surface area contributed by atoms with Gasteiger partial charge in [-0.25, -0.2) is 0 Å². The zero-order valence-electron chi connectivity index (χ0n) is 8.71. The lowest BCUT2D eigenvalue weighted by Crippen LogP contribution is -2.11. The average molecular weight is 392 g/mol. The third-order valence-electron chi connectivity index (χ3n) is 2.36. The van der Waals surface area contributed by atoms with E-state index in [0.717, 1.165) is 25.1 Å². The first-order valence-electron chi connectivity index (χ1n) is 4.85. The summed E-state index contributed by atoms with van der Waals surface area (Å²) in [6, 6.07) is 9.73. The van der Waals surface area contributed by atoms with Crippen LogP contribution in [0, 0.1) is 10.5 Å². The van der Waals surface area contributed by atoms with Gasteiger partial charge in [0.15, 0.2) is 0 Å². The Kier molecular flexibility index (Phi) is 3.71. The van der Waals surface area contributed by atoms with E-state index in [4.69, 9.17) is 10.2 Å². The SMILES string of the molecule is Cc1ccc(C(N)c2cc(I)ccc2Br)o1. The van der Waals surface area contributed by atoms with Gasteiger partial charge in [-0.3, -0.25) is 0 Å². The number of hydrogen-bond acceptors (Lipinski definition) is 2. The molecule has 0 aliphatic rings. The first-order valence-corrected chi connectivity index (χ1v) is 6.72. The molecule has 0 saturated heterocycles. The van der Waals surface area contributed by atoms with E-state index in [1.54, 1.807) is 0 Å². The molecule has 1 aromatic heterocycles. The van der Waals surface area contributed by atoms with E-state index in [2.05, 4.69) is 44.6 Å². The van der Waals surface area contributed by atoms with Crippen LogP contribution in [-0.4, -0.2) is 0 Å². The lowest BCUT2D eigenvalue weighted by Gasteiger charge is -2.11. The predicted molar refractivity (Wildman–Crippen MR) is 76.3 cm³/mol. The van der Waals surface area contributed by atoms with Gasteiger partial charge in [-0.15, -0.1) is 0 Å². The van der Waals surface area contributed by atoms with Crippen LogP contribution in [0.5, 0.6) is 0 Å². The minimum atomic E-state index is -0.224. The number of hydrogen-bond donors (Lipinski definition) is 1. The molecule has 0 fully saturated rings. The molecule has 2 rings (SSSR count). The highest BCUT2D eigenvalue weighted by Crippen LogP contribution is 2.29. The van der Waals surface area contributed by atoms with Gasteiger partial charge in [0, 0.05) is 8.04 Å². The average Bonchev–Trinajstić information content (AvgIpc) is 2.67. The lowest BCUT2D eigenvalue weighted by atomic mass is 10.1. The van der Waals surface area contributed by atoms with Crippen molar-refractivity contribution < 1.29 is 4.42 Å². The van der Waals surface area contributed by atoms with Gasteiger partial charge < -0.3 is 10.2 Å². The normalized spacial score (nSPS) is 12.8. The molecule has 0 aliphatic heterocycles. The van der Waals surface area contributed by atoms with Crippen molar-refractivity contribution in [3.8, 4) is 0 Å².